The highest BCUT2D eigenvalue weighted by molar-refractivity contribution is 6.10. The SMILES string of the molecule is C[C@@H]1C[C@@H]2C[C@H](C)CC(c3ccc(-c4ccc(-c5nc(-c6ccc(C#N)cc6)nc(-c6ccc(-c7ccc8c9ccccc9n(-c9ccccc9)c8c7)cc6)n5)cc4)cc3)(C1)C2. The average Bonchev–Trinajstić information content (AvgIpc) is 3.65. The van der Waals surface area contributed by atoms with Crippen molar-refractivity contribution in [3.63, 3.8) is 0 Å². The van der Waals surface area contributed by atoms with Crippen LogP contribution in [0.1, 0.15) is 57.1 Å². The fourth-order valence-electron chi connectivity index (χ4n) is 11.2. The number of fused-ring (bicyclic) bond motifs is 5. The van der Waals surface area contributed by atoms with Gasteiger partial charge in [-0.3, -0.25) is 0 Å². The highest BCUT2D eigenvalue weighted by Gasteiger charge is 2.45. The third kappa shape index (κ3) is 6.86. The molecule has 0 saturated heterocycles. The molecule has 2 fully saturated rings. The minimum Gasteiger partial charge on any atom is -0.309 e. The van der Waals surface area contributed by atoms with Gasteiger partial charge in [-0.2, -0.15) is 5.26 Å². The van der Waals surface area contributed by atoms with E-state index in [0.717, 1.165) is 51.3 Å². The van der Waals surface area contributed by atoms with Crippen LogP contribution >= 0.6 is 0 Å². The van der Waals surface area contributed by atoms with Gasteiger partial charge in [-0.05, 0) is 132 Å². The van der Waals surface area contributed by atoms with Crippen molar-refractivity contribution >= 4 is 21.8 Å². The summed E-state index contributed by atoms with van der Waals surface area (Å²) in [5, 5.41) is 11.9. The van der Waals surface area contributed by atoms with E-state index in [1.54, 1.807) is 0 Å². The zero-order chi connectivity index (χ0) is 41.8. The van der Waals surface area contributed by atoms with Gasteiger partial charge in [0, 0.05) is 33.2 Å². The zero-order valence-electron chi connectivity index (χ0n) is 35.2. The number of nitriles is 1. The fraction of sp³-hybridized carbons (Fsp3) is 0.193. The summed E-state index contributed by atoms with van der Waals surface area (Å²) in [6, 6.07) is 62.1. The molecule has 2 aromatic heterocycles. The molecular formula is C57H47N5. The minimum absolute atomic E-state index is 0.324. The van der Waals surface area contributed by atoms with Crippen molar-refractivity contribution in [2.75, 3.05) is 0 Å². The van der Waals surface area contributed by atoms with Crippen LogP contribution in [0.2, 0.25) is 0 Å². The molecule has 2 heterocycles. The molecule has 2 bridgehead atoms. The third-order valence-electron chi connectivity index (χ3n) is 13.7. The molecule has 5 nitrogen and oxygen atoms in total. The molecule has 2 saturated carbocycles. The number of hydrogen-bond acceptors (Lipinski definition) is 4. The topological polar surface area (TPSA) is 67.4 Å². The molecule has 300 valence electrons. The predicted molar refractivity (Wildman–Crippen MR) is 253 cm³/mol. The molecule has 11 rings (SSSR count). The van der Waals surface area contributed by atoms with Crippen LogP contribution in [0.4, 0.5) is 0 Å². The lowest BCUT2D eigenvalue weighted by Gasteiger charge is -2.50. The monoisotopic (exact) mass is 801 g/mol. The second kappa shape index (κ2) is 15.4. The van der Waals surface area contributed by atoms with Gasteiger partial charge in [0.25, 0.3) is 0 Å². The Morgan fingerprint density at radius 2 is 0.952 bits per heavy atom. The van der Waals surface area contributed by atoms with Gasteiger partial charge in [0.05, 0.1) is 22.7 Å². The molecular weight excluding hydrogens is 755 g/mol. The summed E-state index contributed by atoms with van der Waals surface area (Å²) in [7, 11) is 0. The van der Waals surface area contributed by atoms with Crippen molar-refractivity contribution in [3.8, 4) is 68.2 Å². The van der Waals surface area contributed by atoms with Crippen LogP contribution in [0, 0.1) is 29.1 Å². The molecule has 1 unspecified atom stereocenters. The maximum Gasteiger partial charge on any atom is 0.164 e. The first kappa shape index (κ1) is 37.8. The molecule has 5 heteroatoms. The number of hydrogen-bond donors (Lipinski definition) is 0. The van der Waals surface area contributed by atoms with Crippen LogP contribution in [-0.2, 0) is 5.41 Å². The quantitative estimate of drug-likeness (QED) is 0.161. The molecule has 0 aliphatic heterocycles. The molecule has 2 aliphatic rings. The molecule has 62 heavy (non-hydrogen) atoms. The normalized spacial score (nSPS) is 19.7. The maximum absolute atomic E-state index is 9.48. The number of rotatable bonds is 7. The van der Waals surface area contributed by atoms with Gasteiger partial charge in [0.2, 0.25) is 0 Å². The van der Waals surface area contributed by atoms with Gasteiger partial charge < -0.3 is 4.57 Å². The van der Waals surface area contributed by atoms with Crippen molar-refractivity contribution in [2.24, 2.45) is 17.8 Å². The van der Waals surface area contributed by atoms with Crippen LogP contribution in [0.15, 0.2) is 170 Å². The maximum atomic E-state index is 9.48. The Balaban J connectivity index is 0.919. The average molecular weight is 802 g/mol. The number of nitrogens with zero attached hydrogens (tertiary/aromatic N) is 5. The lowest BCUT2D eigenvalue weighted by molar-refractivity contribution is 0.0780. The molecule has 0 N–H and O–H groups in total. The van der Waals surface area contributed by atoms with Gasteiger partial charge in [-0.1, -0.05) is 135 Å². The zero-order valence-corrected chi connectivity index (χ0v) is 35.2. The van der Waals surface area contributed by atoms with E-state index in [4.69, 9.17) is 15.0 Å². The summed E-state index contributed by atoms with van der Waals surface area (Å²) >= 11 is 0. The summed E-state index contributed by atoms with van der Waals surface area (Å²) in [5.41, 5.74) is 13.2. The van der Waals surface area contributed by atoms with E-state index in [-0.39, 0.29) is 0 Å². The number of para-hydroxylation sites is 2. The van der Waals surface area contributed by atoms with E-state index in [1.807, 2.05) is 24.3 Å². The highest BCUT2D eigenvalue weighted by atomic mass is 15.0. The standard InChI is InChI=1S/C57H47N5/c1-37-30-40-31-38(2)34-57(33-37,35-40)48-27-24-42(25-28-48)41-16-20-45(21-17-41)55-59-54(44-14-12-39(36-58)13-15-44)60-56(61-55)46-22-18-43(19-23-46)47-26-29-51-50-10-6-7-11-52(50)62(53(51)32-47)49-8-4-3-5-9-49/h3-29,32,37-38,40H,30-31,33-35H2,1-2H3/t37-,38+,40-,57?. The Labute approximate surface area is 363 Å². The van der Waals surface area contributed by atoms with E-state index in [1.165, 1.54) is 70.6 Å². The first-order valence-electron chi connectivity index (χ1n) is 22.1. The van der Waals surface area contributed by atoms with Crippen molar-refractivity contribution in [3.05, 3.63) is 181 Å². The molecule has 9 aromatic rings. The lowest BCUT2D eigenvalue weighted by Crippen LogP contribution is -2.42. The third-order valence-corrected chi connectivity index (χ3v) is 13.7. The first-order chi connectivity index (χ1) is 30.4. The summed E-state index contributed by atoms with van der Waals surface area (Å²) in [6.45, 7) is 4.92. The molecule has 0 spiro atoms. The molecule has 2 aliphatic carbocycles. The van der Waals surface area contributed by atoms with Crippen LogP contribution in [0.3, 0.4) is 0 Å². The Kier molecular flexibility index (Phi) is 9.38. The van der Waals surface area contributed by atoms with Crippen LogP contribution in [0.5, 0.6) is 0 Å². The van der Waals surface area contributed by atoms with Gasteiger partial charge >= 0.3 is 0 Å². The Morgan fingerprint density at radius 1 is 0.484 bits per heavy atom. The molecule has 0 radical (unpaired) electrons. The van der Waals surface area contributed by atoms with E-state index >= 15 is 0 Å². The van der Waals surface area contributed by atoms with E-state index in [9.17, 15) is 5.26 Å². The van der Waals surface area contributed by atoms with Crippen molar-refractivity contribution < 1.29 is 0 Å². The summed E-state index contributed by atoms with van der Waals surface area (Å²) in [4.78, 5) is 15.1. The summed E-state index contributed by atoms with van der Waals surface area (Å²) < 4.78 is 2.35. The second-order valence-electron chi connectivity index (χ2n) is 18.1. The molecule has 0 amide bonds. The van der Waals surface area contributed by atoms with Crippen LogP contribution in [-0.4, -0.2) is 19.5 Å². The van der Waals surface area contributed by atoms with Gasteiger partial charge in [0.1, 0.15) is 0 Å². The van der Waals surface area contributed by atoms with Crippen LogP contribution in [0.25, 0.3) is 83.9 Å². The van der Waals surface area contributed by atoms with E-state index in [0.29, 0.717) is 28.5 Å². The Bertz CT molecular complexity index is 3100. The van der Waals surface area contributed by atoms with Gasteiger partial charge in [0.15, 0.2) is 17.5 Å². The van der Waals surface area contributed by atoms with Crippen molar-refractivity contribution in [1.29, 1.82) is 5.26 Å². The number of aromatic nitrogens is 4. The molecule has 7 aromatic carbocycles. The van der Waals surface area contributed by atoms with E-state index < -0.39 is 0 Å². The Morgan fingerprint density at radius 3 is 1.53 bits per heavy atom. The first-order valence-corrected chi connectivity index (χ1v) is 22.1. The summed E-state index contributed by atoms with van der Waals surface area (Å²) in [6.07, 6.45) is 6.74. The summed E-state index contributed by atoms with van der Waals surface area (Å²) in [5.74, 6) is 4.21. The fourth-order valence-corrected chi connectivity index (χ4v) is 11.2. The predicted octanol–water partition coefficient (Wildman–Crippen LogP) is 14.3. The van der Waals surface area contributed by atoms with E-state index in [2.05, 4.69) is 170 Å². The van der Waals surface area contributed by atoms with Crippen LogP contribution < -0.4 is 0 Å². The van der Waals surface area contributed by atoms with Gasteiger partial charge in [-0.25, -0.2) is 15.0 Å². The van der Waals surface area contributed by atoms with Crippen molar-refractivity contribution in [1.82, 2.24) is 19.5 Å². The van der Waals surface area contributed by atoms with Gasteiger partial charge in [-0.15, -0.1) is 0 Å². The highest BCUT2D eigenvalue weighted by Crippen LogP contribution is 2.54. The van der Waals surface area contributed by atoms with Crippen molar-refractivity contribution in [2.45, 2.75) is 51.4 Å². The smallest absolute Gasteiger partial charge is 0.164 e. The molecule has 4 atom stereocenters. The number of benzene rings is 7. The lowest BCUT2D eigenvalue weighted by atomic mass is 9.54. The second-order valence-corrected chi connectivity index (χ2v) is 18.1. The minimum atomic E-state index is 0.324. The largest absolute Gasteiger partial charge is 0.309 e. The Hall–Kier alpha value is -7.16.